The Morgan fingerprint density at radius 2 is 1.67 bits per heavy atom. The maximum absolute atomic E-state index is 12.8. The molecule has 3 rings (SSSR count). The van der Waals surface area contributed by atoms with Gasteiger partial charge in [0.1, 0.15) is 23.1 Å². The summed E-state index contributed by atoms with van der Waals surface area (Å²) in [6, 6.07) is 6.00. The molecule has 0 saturated carbocycles. The first-order valence-electron chi connectivity index (χ1n) is 8.53. The van der Waals surface area contributed by atoms with Crippen molar-refractivity contribution in [1.29, 1.82) is 0 Å². The smallest absolute Gasteiger partial charge is 0.324 e. The molecule has 0 amide bonds. The summed E-state index contributed by atoms with van der Waals surface area (Å²) in [5.74, 6) is -4.91. The number of rotatable bonds is 3. The Bertz CT molecular complexity index is 868. The van der Waals surface area contributed by atoms with Crippen LogP contribution in [-0.4, -0.2) is 27.4 Å². The molecule has 2 heterocycles. The number of phenols is 1. The quantitative estimate of drug-likeness (QED) is 0.378. The van der Waals surface area contributed by atoms with Crippen LogP contribution in [0.2, 0.25) is 0 Å². The summed E-state index contributed by atoms with van der Waals surface area (Å²) < 4.78 is 12.9. The summed E-state index contributed by atoms with van der Waals surface area (Å²) in [4.78, 5) is 25.4. The fourth-order valence-electron chi connectivity index (χ4n) is 3.38. The highest BCUT2D eigenvalue weighted by atomic mass is 16.7. The van der Waals surface area contributed by atoms with E-state index < -0.39 is 29.6 Å². The van der Waals surface area contributed by atoms with E-state index in [1.807, 2.05) is 0 Å². The van der Waals surface area contributed by atoms with Gasteiger partial charge in [-0.3, -0.25) is 9.59 Å². The molecule has 1 aliphatic rings. The lowest BCUT2D eigenvalue weighted by molar-refractivity contribution is -0.621. The van der Waals surface area contributed by atoms with Crippen molar-refractivity contribution in [1.82, 2.24) is 4.57 Å². The van der Waals surface area contributed by atoms with E-state index in [0.29, 0.717) is 21.7 Å². The highest BCUT2D eigenvalue weighted by Crippen LogP contribution is 2.38. The minimum absolute atomic E-state index is 0.0293. The highest BCUT2D eigenvalue weighted by molar-refractivity contribution is 5.98. The predicted octanol–water partition coefficient (Wildman–Crippen LogP) is 1.57. The van der Waals surface area contributed by atoms with Gasteiger partial charge in [-0.15, -0.1) is 0 Å². The fourth-order valence-corrected chi connectivity index (χ4v) is 3.38. The monoisotopic (exact) mass is 374 g/mol. The highest BCUT2D eigenvalue weighted by Gasteiger charge is 2.51. The summed E-state index contributed by atoms with van der Waals surface area (Å²) in [5.41, 5.74) is 1.69. The number of phenolic OH excluding ortho intramolecular Hbond substituents is 1. The second-order valence-electron chi connectivity index (χ2n) is 7.17. The summed E-state index contributed by atoms with van der Waals surface area (Å²) >= 11 is 0. The largest absolute Gasteiger partial charge is 0.711 e. The number of hydrogen-bond donors (Lipinski definition) is 1. The van der Waals surface area contributed by atoms with Crippen LogP contribution in [0.4, 0.5) is 0 Å². The number of aromatic nitrogens is 2. The molecule has 0 bridgehead atoms. The lowest BCUT2D eigenvalue weighted by Crippen LogP contribution is -2.50. The van der Waals surface area contributed by atoms with E-state index in [1.54, 1.807) is 37.6 Å². The number of esters is 2. The van der Waals surface area contributed by atoms with Gasteiger partial charge in [0.25, 0.3) is 11.6 Å². The van der Waals surface area contributed by atoms with Gasteiger partial charge < -0.3 is 19.8 Å². The van der Waals surface area contributed by atoms with Gasteiger partial charge >= 0.3 is 11.9 Å². The van der Waals surface area contributed by atoms with Crippen LogP contribution in [0.3, 0.4) is 0 Å². The van der Waals surface area contributed by atoms with Gasteiger partial charge in [0.05, 0.1) is 7.05 Å². The summed E-state index contributed by atoms with van der Waals surface area (Å²) in [6.45, 7) is 6.39. The minimum atomic E-state index is -1.36. The van der Waals surface area contributed by atoms with Gasteiger partial charge in [-0.25, -0.2) is 9.30 Å². The standard InChI is InChI=1S/C19H22N2O6/c1-10-11(2)21(25)16(20(10)5)14(12-6-8-13(22)9-7-12)15-17(23)26-19(3,4)27-18(15)24/h6-9,14-15,22H,1-5H3/t14-/m1/s1. The van der Waals surface area contributed by atoms with Crippen LogP contribution in [0.5, 0.6) is 5.75 Å². The third kappa shape index (κ3) is 3.11. The van der Waals surface area contributed by atoms with Crippen LogP contribution in [0.1, 0.15) is 42.5 Å². The number of imidazole rings is 1. The van der Waals surface area contributed by atoms with E-state index in [-0.39, 0.29) is 11.6 Å². The second-order valence-corrected chi connectivity index (χ2v) is 7.17. The molecule has 0 spiro atoms. The average molecular weight is 374 g/mol. The Morgan fingerprint density at radius 3 is 2.11 bits per heavy atom. The number of carbonyl (C=O) groups excluding carboxylic acids is 2. The van der Waals surface area contributed by atoms with E-state index in [4.69, 9.17) is 9.47 Å². The SMILES string of the molecule is Cc1c(C)[n+]([O-])c([C@H](c2ccc(O)cc2)C2C(=O)OC(C)(C)OC2=O)n1C. The topological polar surface area (TPSA) is 105 Å². The molecule has 0 radical (unpaired) electrons. The van der Waals surface area contributed by atoms with Crippen molar-refractivity contribution in [2.75, 3.05) is 0 Å². The number of carbonyl (C=O) groups is 2. The normalized spacial score (nSPS) is 18.1. The molecule has 1 saturated heterocycles. The van der Waals surface area contributed by atoms with Crippen LogP contribution in [0.15, 0.2) is 24.3 Å². The lowest BCUT2D eigenvalue weighted by atomic mass is 9.84. The molecule has 8 heteroatoms. The van der Waals surface area contributed by atoms with Crippen LogP contribution < -0.4 is 4.73 Å². The van der Waals surface area contributed by atoms with Crippen LogP contribution in [0.25, 0.3) is 0 Å². The Kier molecular flexibility index (Phi) is 4.37. The summed E-state index contributed by atoms with van der Waals surface area (Å²) in [6.07, 6.45) is 0. The first-order chi connectivity index (χ1) is 12.5. The Hall–Kier alpha value is -3.03. The summed E-state index contributed by atoms with van der Waals surface area (Å²) in [7, 11) is 1.70. The molecule has 1 fully saturated rings. The van der Waals surface area contributed by atoms with E-state index in [2.05, 4.69) is 0 Å². The first kappa shape index (κ1) is 18.8. The molecular weight excluding hydrogens is 352 g/mol. The van der Waals surface area contributed by atoms with Gasteiger partial charge in [0.15, 0.2) is 5.92 Å². The van der Waals surface area contributed by atoms with Gasteiger partial charge in [0.2, 0.25) is 0 Å². The molecule has 1 aromatic carbocycles. The second kappa shape index (κ2) is 6.29. The number of hydrogen-bond acceptors (Lipinski definition) is 6. The first-order valence-corrected chi connectivity index (χ1v) is 8.53. The maximum atomic E-state index is 12.8. The van der Waals surface area contributed by atoms with Crippen molar-refractivity contribution >= 4 is 11.9 Å². The number of benzene rings is 1. The number of cyclic esters (lactones) is 2. The van der Waals surface area contributed by atoms with Crippen molar-refractivity contribution in [3.05, 3.63) is 52.2 Å². The third-order valence-corrected chi connectivity index (χ3v) is 4.95. The van der Waals surface area contributed by atoms with E-state index in [0.717, 1.165) is 0 Å². The van der Waals surface area contributed by atoms with Crippen LogP contribution in [0, 0.1) is 25.0 Å². The average Bonchev–Trinajstić information content (AvgIpc) is 2.75. The lowest BCUT2D eigenvalue weighted by Gasteiger charge is -2.35. The van der Waals surface area contributed by atoms with Gasteiger partial charge in [0, 0.05) is 27.7 Å². The maximum Gasteiger partial charge on any atom is 0.324 e. The minimum Gasteiger partial charge on any atom is -0.711 e. The third-order valence-electron chi connectivity index (χ3n) is 4.95. The molecule has 1 atom stereocenters. The molecule has 2 aromatic rings. The van der Waals surface area contributed by atoms with E-state index in [1.165, 1.54) is 26.0 Å². The van der Waals surface area contributed by atoms with Crippen LogP contribution >= 0.6 is 0 Å². The molecule has 1 aromatic heterocycles. The zero-order chi connectivity index (χ0) is 20.1. The van der Waals surface area contributed by atoms with Gasteiger partial charge in [-0.1, -0.05) is 12.1 Å². The molecule has 27 heavy (non-hydrogen) atoms. The molecule has 1 N–H and O–H groups in total. The predicted molar refractivity (Wildman–Crippen MR) is 93.5 cm³/mol. The van der Waals surface area contributed by atoms with Crippen molar-refractivity contribution in [3.63, 3.8) is 0 Å². The van der Waals surface area contributed by atoms with Gasteiger partial charge in [-0.05, 0) is 17.7 Å². The number of aromatic hydroxyl groups is 1. The molecular formula is C19H22N2O6. The molecule has 0 aliphatic carbocycles. The van der Waals surface area contributed by atoms with Gasteiger partial charge in [-0.2, -0.15) is 0 Å². The van der Waals surface area contributed by atoms with Crippen LogP contribution in [-0.2, 0) is 26.1 Å². The van der Waals surface area contributed by atoms with Crippen molar-refractivity contribution in [3.8, 4) is 5.75 Å². The fraction of sp³-hybridized carbons (Fsp3) is 0.421. The molecule has 8 nitrogen and oxygen atoms in total. The van der Waals surface area contributed by atoms with Crippen molar-refractivity contribution < 1.29 is 28.9 Å². The number of ether oxygens (including phenoxy) is 2. The Balaban J connectivity index is 2.21. The molecule has 0 unspecified atom stereocenters. The zero-order valence-corrected chi connectivity index (χ0v) is 15.8. The van der Waals surface area contributed by atoms with Crippen molar-refractivity contribution in [2.45, 2.75) is 39.4 Å². The molecule has 144 valence electrons. The Morgan fingerprint density at radius 1 is 1.15 bits per heavy atom. The summed E-state index contributed by atoms with van der Waals surface area (Å²) in [5, 5.41) is 22.4. The number of nitrogens with zero attached hydrogens (tertiary/aromatic N) is 2. The van der Waals surface area contributed by atoms with Crippen molar-refractivity contribution in [2.24, 2.45) is 13.0 Å². The molecule has 1 aliphatic heterocycles. The van der Waals surface area contributed by atoms with E-state index in [9.17, 15) is 19.9 Å². The van der Waals surface area contributed by atoms with E-state index >= 15 is 0 Å². The Labute approximate surface area is 156 Å². The zero-order valence-electron chi connectivity index (χ0n) is 15.8.